The van der Waals surface area contributed by atoms with Crippen molar-refractivity contribution in [2.24, 2.45) is 0 Å². The zero-order valence-electron chi connectivity index (χ0n) is 22.6. The first-order chi connectivity index (χ1) is 19.4. The molecule has 1 atom stereocenters. The van der Waals surface area contributed by atoms with Gasteiger partial charge in [-0.05, 0) is 23.1 Å². The van der Waals surface area contributed by atoms with E-state index in [0.717, 1.165) is 51.3 Å². The molecule has 0 aromatic heterocycles. The molecule has 1 heterocycles. The summed E-state index contributed by atoms with van der Waals surface area (Å²) in [5.41, 5.74) is 3.40. The Hall–Kier alpha value is -3.82. The number of nitrogens with zero attached hydrogens (tertiary/aromatic N) is 2. The number of hydrogen-bond donors (Lipinski definition) is 3. The van der Waals surface area contributed by atoms with Gasteiger partial charge in [0.1, 0.15) is 6.10 Å². The van der Waals surface area contributed by atoms with E-state index in [9.17, 15) is 14.7 Å². The lowest BCUT2D eigenvalue weighted by atomic mass is 10.0. The number of hydrogen-bond acceptors (Lipinski definition) is 6. The van der Waals surface area contributed by atoms with Gasteiger partial charge >= 0.3 is 11.9 Å². The minimum absolute atomic E-state index is 0.0295. The molecule has 1 saturated heterocycles. The number of aliphatic hydroxyl groups excluding tert-OH is 1. The van der Waals surface area contributed by atoms with Gasteiger partial charge in [0.2, 0.25) is 0 Å². The van der Waals surface area contributed by atoms with Crippen molar-refractivity contribution >= 4 is 11.9 Å². The third-order valence-electron chi connectivity index (χ3n) is 6.63. The second-order valence-electron chi connectivity index (χ2n) is 9.48. The number of carboxylic acids is 2. The van der Waals surface area contributed by atoms with Gasteiger partial charge in [-0.25, -0.2) is 9.59 Å². The van der Waals surface area contributed by atoms with Crippen LogP contribution in [-0.2, 0) is 14.3 Å². The SMILES string of the molecule is O=C(O)/C=C\C(=O)O.OC(CCN1CCN(CCOC(c2ccccc2)c2ccccc2)CC1)c1ccccc1. The average molecular weight is 547 g/mol. The smallest absolute Gasteiger partial charge is 0.328 e. The van der Waals surface area contributed by atoms with E-state index >= 15 is 0 Å². The van der Waals surface area contributed by atoms with Crippen LogP contribution in [0.2, 0.25) is 0 Å². The Morgan fingerprint density at radius 1 is 0.675 bits per heavy atom. The maximum atomic E-state index is 10.4. The highest BCUT2D eigenvalue weighted by molar-refractivity contribution is 5.89. The molecule has 0 bridgehead atoms. The molecule has 3 N–H and O–H groups in total. The van der Waals surface area contributed by atoms with Crippen molar-refractivity contribution in [3.05, 3.63) is 120 Å². The standard InChI is InChI=1S/C28H34N2O2.C4H4O4/c31-27(24-10-4-1-5-11-24)16-17-29-18-20-30(21-19-29)22-23-32-28(25-12-6-2-7-13-25)26-14-8-3-9-15-26;5-3(6)1-2-4(7)8/h1-15,27-28,31H,16-23H2;1-2H,(H,5,6)(H,7,8)/b;2-1-. The molecule has 8 nitrogen and oxygen atoms in total. The van der Waals surface area contributed by atoms with Crippen LogP contribution in [0, 0.1) is 0 Å². The molecule has 1 aliphatic rings. The van der Waals surface area contributed by atoms with Gasteiger partial charge < -0.3 is 25.0 Å². The van der Waals surface area contributed by atoms with Gasteiger partial charge in [0.15, 0.2) is 0 Å². The van der Waals surface area contributed by atoms with Crippen LogP contribution >= 0.6 is 0 Å². The second kappa shape index (κ2) is 17.0. The largest absolute Gasteiger partial charge is 0.478 e. The fourth-order valence-corrected chi connectivity index (χ4v) is 4.47. The van der Waals surface area contributed by atoms with E-state index in [4.69, 9.17) is 14.9 Å². The van der Waals surface area contributed by atoms with Gasteiger partial charge in [-0.1, -0.05) is 91.0 Å². The highest BCUT2D eigenvalue weighted by atomic mass is 16.5. The van der Waals surface area contributed by atoms with Crippen molar-refractivity contribution in [2.75, 3.05) is 45.9 Å². The number of ether oxygens (including phenoxy) is 1. The average Bonchev–Trinajstić information content (AvgIpc) is 2.99. The van der Waals surface area contributed by atoms with E-state index < -0.39 is 11.9 Å². The van der Waals surface area contributed by atoms with Crippen molar-refractivity contribution in [1.82, 2.24) is 9.80 Å². The van der Waals surface area contributed by atoms with Crippen LogP contribution in [0.15, 0.2) is 103 Å². The molecule has 1 unspecified atom stereocenters. The number of rotatable bonds is 12. The van der Waals surface area contributed by atoms with Gasteiger partial charge in [0, 0.05) is 51.4 Å². The minimum atomic E-state index is -1.26. The topological polar surface area (TPSA) is 111 Å². The summed E-state index contributed by atoms with van der Waals surface area (Å²) in [6.45, 7) is 6.77. The van der Waals surface area contributed by atoms with E-state index in [1.54, 1.807) is 0 Å². The lowest BCUT2D eigenvalue weighted by molar-refractivity contribution is -0.134. The van der Waals surface area contributed by atoms with Crippen molar-refractivity contribution in [3.63, 3.8) is 0 Å². The number of carbonyl (C=O) groups is 2. The maximum Gasteiger partial charge on any atom is 0.328 e. The summed E-state index contributed by atoms with van der Waals surface area (Å²) in [5.74, 6) is -2.51. The molecule has 40 heavy (non-hydrogen) atoms. The zero-order valence-corrected chi connectivity index (χ0v) is 22.6. The van der Waals surface area contributed by atoms with Crippen molar-refractivity contribution < 1.29 is 29.6 Å². The first kappa shape index (κ1) is 30.7. The quantitative estimate of drug-likeness (QED) is 0.289. The number of benzene rings is 3. The fraction of sp³-hybridized carbons (Fsp3) is 0.312. The van der Waals surface area contributed by atoms with Gasteiger partial charge in [0.05, 0.1) is 12.7 Å². The summed E-state index contributed by atoms with van der Waals surface area (Å²) in [6, 6.07) is 30.9. The van der Waals surface area contributed by atoms with E-state index in [2.05, 4.69) is 58.3 Å². The number of aliphatic hydroxyl groups is 1. The molecule has 0 radical (unpaired) electrons. The number of aliphatic carboxylic acids is 2. The van der Waals surface area contributed by atoms with Gasteiger partial charge in [-0.15, -0.1) is 0 Å². The normalized spacial score (nSPS) is 14.9. The molecule has 8 heteroatoms. The number of carboxylic acid groups (broad SMARTS) is 2. The summed E-state index contributed by atoms with van der Waals surface area (Å²) in [4.78, 5) is 24.0. The summed E-state index contributed by atoms with van der Waals surface area (Å²) in [6.07, 6.45) is 1.49. The van der Waals surface area contributed by atoms with Crippen LogP contribution in [0.5, 0.6) is 0 Å². The lowest BCUT2D eigenvalue weighted by Gasteiger charge is -2.35. The molecule has 1 fully saturated rings. The molecule has 1 aliphatic heterocycles. The highest BCUT2D eigenvalue weighted by Crippen LogP contribution is 2.25. The molecule has 0 aliphatic carbocycles. The Labute approximate surface area is 235 Å². The van der Waals surface area contributed by atoms with Crippen LogP contribution in [0.1, 0.15) is 35.3 Å². The Morgan fingerprint density at radius 3 is 1.50 bits per heavy atom. The van der Waals surface area contributed by atoms with E-state index in [1.807, 2.05) is 42.5 Å². The molecule has 4 rings (SSSR count). The molecule has 0 saturated carbocycles. The van der Waals surface area contributed by atoms with Crippen LogP contribution in [0.4, 0.5) is 0 Å². The first-order valence-electron chi connectivity index (χ1n) is 13.5. The van der Waals surface area contributed by atoms with Crippen LogP contribution in [0.25, 0.3) is 0 Å². The van der Waals surface area contributed by atoms with Crippen molar-refractivity contribution in [3.8, 4) is 0 Å². The van der Waals surface area contributed by atoms with E-state index in [-0.39, 0.29) is 12.2 Å². The molecular weight excluding hydrogens is 508 g/mol. The summed E-state index contributed by atoms with van der Waals surface area (Å²) < 4.78 is 6.38. The molecule has 3 aromatic rings. The van der Waals surface area contributed by atoms with E-state index in [1.165, 1.54) is 11.1 Å². The lowest BCUT2D eigenvalue weighted by Crippen LogP contribution is -2.47. The number of piperazine rings is 1. The van der Waals surface area contributed by atoms with Gasteiger partial charge in [-0.3, -0.25) is 4.90 Å². The molecule has 3 aromatic carbocycles. The Bertz CT molecular complexity index is 1110. The van der Waals surface area contributed by atoms with Gasteiger partial charge in [-0.2, -0.15) is 0 Å². The fourth-order valence-electron chi connectivity index (χ4n) is 4.47. The molecule has 212 valence electrons. The first-order valence-corrected chi connectivity index (χ1v) is 13.5. The zero-order chi connectivity index (χ0) is 28.6. The third kappa shape index (κ3) is 11.1. The summed E-state index contributed by atoms with van der Waals surface area (Å²) >= 11 is 0. The minimum Gasteiger partial charge on any atom is -0.478 e. The monoisotopic (exact) mass is 546 g/mol. The Morgan fingerprint density at radius 2 is 1.07 bits per heavy atom. The van der Waals surface area contributed by atoms with Crippen molar-refractivity contribution in [2.45, 2.75) is 18.6 Å². The second-order valence-corrected chi connectivity index (χ2v) is 9.48. The third-order valence-corrected chi connectivity index (χ3v) is 6.63. The molecule has 0 amide bonds. The molecular formula is C32H38N2O6. The Kier molecular flexibility index (Phi) is 13.0. The maximum absolute atomic E-state index is 10.4. The Balaban J connectivity index is 0.000000482. The van der Waals surface area contributed by atoms with Crippen LogP contribution in [0.3, 0.4) is 0 Å². The van der Waals surface area contributed by atoms with Crippen molar-refractivity contribution in [1.29, 1.82) is 0 Å². The highest BCUT2D eigenvalue weighted by Gasteiger charge is 2.19. The van der Waals surface area contributed by atoms with E-state index in [0.29, 0.717) is 18.8 Å². The predicted molar refractivity (Wildman–Crippen MR) is 154 cm³/mol. The summed E-state index contributed by atoms with van der Waals surface area (Å²) in [7, 11) is 0. The van der Waals surface area contributed by atoms with Crippen LogP contribution in [-0.4, -0.2) is 82.9 Å². The summed E-state index contributed by atoms with van der Waals surface area (Å²) in [5, 5.41) is 26.0. The van der Waals surface area contributed by atoms with Gasteiger partial charge in [0.25, 0.3) is 0 Å². The predicted octanol–water partition coefficient (Wildman–Crippen LogP) is 4.25. The van der Waals surface area contributed by atoms with Crippen LogP contribution < -0.4 is 0 Å². The molecule has 0 spiro atoms.